The monoisotopic (exact) mass is 423 g/mol. The van der Waals surface area contributed by atoms with Gasteiger partial charge in [0.15, 0.2) is 11.6 Å². The van der Waals surface area contributed by atoms with E-state index in [9.17, 15) is 31.1 Å². The molecule has 1 aromatic rings. The predicted molar refractivity (Wildman–Crippen MR) is 88.7 cm³/mol. The Bertz CT molecular complexity index is 870. The molecule has 0 unspecified atom stereocenters. The van der Waals surface area contributed by atoms with E-state index < -0.39 is 67.1 Å². The predicted octanol–water partition coefficient (Wildman–Crippen LogP) is 2.53. The first kappa shape index (κ1) is 22.2. The number of nitrogens with zero attached hydrogens (tertiary/aromatic N) is 3. The van der Waals surface area contributed by atoms with Crippen LogP contribution in [0.1, 0.15) is 12.0 Å². The van der Waals surface area contributed by atoms with Crippen LogP contribution in [-0.4, -0.2) is 64.1 Å². The molecule has 3 N–H and O–H groups in total. The largest absolute Gasteiger partial charge is 0.449 e. The summed E-state index contributed by atoms with van der Waals surface area (Å²) in [5.41, 5.74) is -0.655. The summed E-state index contributed by atoms with van der Waals surface area (Å²) < 4.78 is 77.7. The zero-order valence-electron chi connectivity index (χ0n) is 14.7. The molecule has 0 aliphatic carbocycles. The van der Waals surface area contributed by atoms with Crippen molar-refractivity contribution in [1.82, 2.24) is 9.80 Å². The molecule has 1 fully saturated rings. The quantitative estimate of drug-likeness (QED) is 0.173. The fourth-order valence-electron chi connectivity index (χ4n) is 2.65. The molecule has 1 saturated heterocycles. The number of carbonyl (C=O) groups is 1. The fraction of sp³-hybridized carbons (Fsp3) is 0.375. The van der Waals surface area contributed by atoms with Crippen molar-refractivity contribution in [1.29, 1.82) is 10.8 Å². The number of rotatable bonds is 4. The Morgan fingerprint density at radius 2 is 1.76 bits per heavy atom. The SMILES string of the molecule is N=C1CN(C(=O)C/C(Cc2cc(F)c(F)cc2F)=N\O)CCN1C(=N)C(F)(F)F. The lowest BCUT2D eigenvalue weighted by Gasteiger charge is -2.36. The van der Waals surface area contributed by atoms with Gasteiger partial charge in [-0.2, -0.15) is 13.2 Å². The molecule has 7 nitrogen and oxygen atoms in total. The molecular formula is C16H15F6N5O2. The van der Waals surface area contributed by atoms with Gasteiger partial charge in [0.25, 0.3) is 0 Å². The van der Waals surface area contributed by atoms with Crippen molar-refractivity contribution in [2.75, 3.05) is 19.6 Å². The zero-order valence-corrected chi connectivity index (χ0v) is 14.7. The lowest BCUT2D eigenvalue weighted by molar-refractivity contribution is -0.129. The van der Waals surface area contributed by atoms with Gasteiger partial charge in [0, 0.05) is 25.6 Å². The van der Waals surface area contributed by atoms with E-state index in [0.717, 1.165) is 4.90 Å². The maximum absolute atomic E-state index is 13.7. The van der Waals surface area contributed by atoms with E-state index in [4.69, 9.17) is 16.0 Å². The number of halogens is 6. The summed E-state index contributed by atoms with van der Waals surface area (Å²) in [5, 5.41) is 26.6. The number of oxime groups is 1. The van der Waals surface area contributed by atoms with Crippen LogP contribution in [-0.2, 0) is 11.2 Å². The summed E-state index contributed by atoms with van der Waals surface area (Å²) in [6.45, 7) is -1.19. The van der Waals surface area contributed by atoms with Gasteiger partial charge in [-0.25, -0.2) is 13.2 Å². The average molecular weight is 423 g/mol. The highest BCUT2D eigenvalue weighted by molar-refractivity contribution is 6.05. The summed E-state index contributed by atoms with van der Waals surface area (Å²) in [7, 11) is 0. The number of carbonyl (C=O) groups excluding carboxylic acids is 1. The molecule has 29 heavy (non-hydrogen) atoms. The number of amides is 1. The van der Waals surface area contributed by atoms with Crippen molar-refractivity contribution in [2.24, 2.45) is 5.16 Å². The Labute approximate surface area is 160 Å². The number of hydrogen-bond donors (Lipinski definition) is 3. The zero-order chi connectivity index (χ0) is 21.9. The highest BCUT2D eigenvalue weighted by Crippen LogP contribution is 2.21. The molecule has 13 heteroatoms. The number of nitrogens with one attached hydrogen (secondary N) is 2. The second kappa shape index (κ2) is 8.49. The van der Waals surface area contributed by atoms with Crippen LogP contribution in [0.4, 0.5) is 26.3 Å². The number of alkyl halides is 3. The van der Waals surface area contributed by atoms with Crippen molar-refractivity contribution in [2.45, 2.75) is 19.0 Å². The Morgan fingerprint density at radius 3 is 2.31 bits per heavy atom. The summed E-state index contributed by atoms with van der Waals surface area (Å²) in [5.74, 6) is -6.93. The third-order valence-electron chi connectivity index (χ3n) is 4.13. The van der Waals surface area contributed by atoms with E-state index in [1.54, 1.807) is 0 Å². The molecule has 1 aliphatic heterocycles. The van der Waals surface area contributed by atoms with Gasteiger partial charge < -0.3 is 15.0 Å². The molecule has 158 valence electrons. The minimum Gasteiger partial charge on any atom is -0.411 e. The summed E-state index contributed by atoms with van der Waals surface area (Å²) in [4.78, 5) is 13.7. The Hall–Kier alpha value is -3.12. The first-order valence-corrected chi connectivity index (χ1v) is 8.05. The molecule has 0 radical (unpaired) electrons. The third-order valence-corrected chi connectivity index (χ3v) is 4.13. The molecule has 0 atom stereocenters. The number of piperazine rings is 1. The second-order valence-electron chi connectivity index (χ2n) is 6.14. The fourth-order valence-corrected chi connectivity index (χ4v) is 2.65. The molecule has 0 spiro atoms. The molecule has 1 aliphatic rings. The molecular weight excluding hydrogens is 408 g/mol. The van der Waals surface area contributed by atoms with Crippen LogP contribution < -0.4 is 0 Å². The van der Waals surface area contributed by atoms with Crippen LogP contribution >= 0.6 is 0 Å². The van der Waals surface area contributed by atoms with Crippen LogP contribution in [0.2, 0.25) is 0 Å². The van der Waals surface area contributed by atoms with Gasteiger partial charge in [-0.1, -0.05) is 5.16 Å². The van der Waals surface area contributed by atoms with Crippen LogP contribution in [0.3, 0.4) is 0 Å². The summed E-state index contributed by atoms with van der Waals surface area (Å²) in [6.07, 6.45) is -6.04. The van der Waals surface area contributed by atoms with Gasteiger partial charge in [-0.05, 0) is 11.6 Å². The van der Waals surface area contributed by atoms with Crippen LogP contribution in [0.5, 0.6) is 0 Å². The van der Waals surface area contributed by atoms with Crippen LogP contribution in [0, 0.1) is 28.3 Å². The highest BCUT2D eigenvalue weighted by atomic mass is 19.4. The van der Waals surface area contributed by atoms with Gasteiger partial charge in [0.1, 0.15) is 11.7 Å². The lowest BCUT2D eigenvalue weighted by Crippen LogP contribution is -2.56. The van der Waals surface area contributed by atoms with Crippen molar-refractivity contribution >= 4 is 23.3 Å². The van der Waals surface area contributed by atoms with Gasteiger partial charge in [0.05, 0.1) is 18.7 Å². The molecule has 1 amide bonds. The molecule has 1 heterocycles. The van der Waals surface area contributed by atoms with Crippen molar-refractivity contribution < 1.29 is 36.3 Å². The van der Waals surface area contributed by atoms with E-state index in [0.29, 0.717) is 17.0 Å². The van der Waals surface area contributed by atoms with Gasteiger partial charge in [0.2, 0.25) is 11.7 Å². The Morgan fingerprint density at radius 1 is 1.14 bits per heavy atom. The van der Waals surface area contributed by atoms with Crippen molar-refractivity contribution in [3.05, 3.63) is 35.1 Å². The standard InChI is InChI=1S/C16H15F6N5O2/c17-10-6-12(19)11(18)4-8(10)3-9(25-29)5-14(28)26-1-2-27(13(23)7-26)15(24)16(20,21)22/h4,6,23-24,29H,1-3,5,7H2/b23-13?,24-15?,25-9-. The smallest absolute Gasteiger partial charge is 0.411 e. The Kier molecular flexibility index (Phi) is 6.49. The average Bonchev–Trinajstić information content (AvgIpc) is 2.63. The summed E-state index contributed by atoms with van der Waals surface area (Å²) in [6, 6.07) is 0.856. The minimum absolute atomic E-state index is 0.238. The molecule has 0 bridgehead atoms. The molecule has 0 saturated carbocycles. The number of benzene rings is 1. The lowest BCUT2D eigenvalue weighted by atomic mass is 10.0. The minimum atomic E-state index is -4.94. The number of hydrogen-bond acceptors (Lipinski definition) is 5. The van der Waals surface area contributed by atoms with Gasteiger partial charge >= 0.3 is 6.18 Å². The van der Waals surface area contributed by atoms with Crippen LogP contribution in [0.25, 0.3) is 0 Å². The van der Waals surface area contributed by atoms with E-state index in [-0.39, 0.29) is 17.8 Å². The maximum Gasteiger partial charge on any atom is 0.449 e. The van der Waals surface area contributed by atoms with E-state index >= 15 is 0 Å². The number of amidine groups is 2. The first-order valence-electron chi connectivity index (χ1n) is 8.05. The van der Waals surface area contributed by atoms with Crippen molar-refractivity contribution in [3.8, 4) is 0 Å². The van der Waals surface area contributed by atoms with E-state index in [2.05, 4.69) is 5.16 Å². The third kappa shape index (κ3) is 5.23. The highest BCUT2D eigenvalue weighted by Gasteiger charge is 2.41. The normalized spacial score (nSPS) is 15.7. The second-order valence-corrected chi connectivity index (χ2v) is 6.14. The maximum atomic E-state index is 13.7. The molecule has 0 aromatic heterocycles. The first-order chi connectivity index (χ1) is 13.4. The van der Waals surface area contributed by atoms with Crippen LogP contribution in [0.15, 0.2) is 17.3 Å². The topological polar surface area (TPSA) is 104 Å². The van der Waals surface area contributed by atoms with Gasteiger partial charge in [-0.15, -0.1) is 0 Å². The van der Waals surface area contributed by atoms with Crippen molar-refractivity contribution in [3.63, 3.8) is 0 Å². The molecule has 2 rings (SSSR count). The van der Waals surface area contributed by atoms with E-state index in [1.165, 1.54) is 0 Å². The molecule has 1 aromatic carbocycles. The summed E-state index contributed by atoms with van der Waals surface area (Å²) >= 11 is 0. The Balaban J connectivity index is 2.02. The van der Waals surface area contributed by atoms with Gasteiger partial charge in [-0.3, -0.25) is 15.6 Å². The van der Waals surface area contributed by atoms with E-state index in [1.807, 2.05) is 0 Å².